The van der Waals surface area contributed by atoms with E-state index in [2.05, 4.69) is 16.4 Å². The number of urea groups is 1. The van der Waals surface area contributed by atoms with Gasteiger partial charge >= 0.3 is 6.03 Å². The highest BCUT2D eigenvalue weighted by Gasteiger charge is 2.25. The van der Waals surface area contributed by atoms with E-state index in [1.165, 1.54) is 0 Å². The highest BCUT2D eigenvalue weighted by molar-refractivity contribution is 6.02. The molecule has 1 aromatic heterocycles. The molecule has 0 saturated carbocycles. The summed E-state index contributed by atoms with van der Waals surface area (Å²) in [5.74, 6) is 1.97. The van der Waals surface area contributed by atoms with E-state index in [1.807, 2.05) is 84.9 Å². The van der Waals surface area contributed by atoms with Gasteiger partial charge in [-0.2, -0.15) is 0 Å². The van der Waals surface area contributed by atoms with E-state index >= 15 is 0 Å². The monoisotopic (exact) mass is 451 g/mol. The van der Waals surface area contributed by atoms with Gasteiger partial charge in [0.25, 0.3) is 0 Å². The molecule has 6 heteroatoms. The Kier molecular flexibility index (Phi) is 6.38. The standard InChI is InChI=1S/C28H25N3O3/c32-28(30-24-11-5-2-6-12-24)31-14-15-33-26-18-23(19-29-27(26)31)16-22-10-7-13-25(17-22)34-20-21-8-3-1-4-9-21/h1-13,17-19H,14-16,20H2,(H,30,32). The van der Waals surface area contributed by atoms with Crippen LogP contribution in [0.3, 0.4) is 0 Å². The molecule has 0 bridgehead atoms. The van der Waals surface area contributed by atoms with E-state index in [1.54, 1.807) is 11.1 Å². The van der Waals surface area contributed by atoms with Crippen molar-refractivity contribution in [1.82, 2.24) is 4.98 Å². The van der Waals surface area contributed by atoms with Crippen molar-refractivity contribution >= 4 is 17.5 Å². The number of benzene rings is 3. The predicted molar refractivity (Wildman–Crippen MR) is 133 cm³/mol. The second kappa shape index (κ2) is 10.1. The molecule has 3 aromatic carbocycles. The number of rotatable bonds is 6. The predicted octanol–water partition coefficient (Wildman–Crippen LogP) is 5.68. The first-order chi connectivity index (χ1) is 16.7. The van der Waals surface area contributed by atoms with E-state index in [0.717, 1.165) is 28.1 Å². The third-order valence-electron chi connectivity index (χ3n) is 5.54. The first-order valence-corrected chi connectivity index (χ1v) is 11.3. The summed E-state index contributed by atoms with van der Waals surface area (Å²) in [6.07, 6.45) is 2.48. The van der Waals surface area contributed by atoms with Gasteiger partial charge in [0.05, 0.1) is 6.54 Å². The van der Waals surface area contributed by atoms with Crippen LogP contribution in [0.2, 0.25) is 0 Å². The molecule has 4 aromatic rings. The molecule has 0 saturated heterocycles. The molecule has 1 aliphatic rings. The lowest BCUT2D eigenvalue weighted by molar-refractivity contribution is 0.249. The van der Waals surface area contributed by atoms with Crippen molar-refractivity contribution < 1.29 is 14.3 Å². The molecule has 1 N–H and O–H groups in total. The van der Waals surface area contributed by atoms with Crippen molar-refractivity contribution in [2.24, 2.45) is 0 Å². The Morgan fingerprint density at radius 1 is 0.912 bits per heavy atom. The number of ether oxygens (including phenoxy) is 2. The largest absolute Gasteiger partial charge is 0.489 e. The van der Waals surface area contributed by atoms with Crippen LogP contribution in [-0.4, -0.2) is 24.2 Å². The zero-order valence-electron chi connectivity index (χ0n) is 18.7. The quantitative estimate of drug-likeness (QED) is 0.410. The normalized spacial score (nSPS) is 12.4. The molecule has 0 atom stereocenters. The molecule has 0 unspecified atom stereocenters. The molecule has 5 rings (SSSR count). The van der Waals surface area contributed by atoms with Gasteiger partial charge in [0.2, 0.25) is 0 Å². The lowest BCUT2D eigenvalue weighted by atomic mass is 10.1. The van der Waals surface area contributed by atoms with E-state index in [9.17, 15) is 4.79 Å². The number of anilines is 2. The minimum atomic E-state index is -0.223. The number of aromatic nitrogens is 1. The summed E-state index contributed by atoms with van der Waals surface area (Å²) in [7, 11) is 0. The number of hydrogen-bond donors (Lipinski definition) is 1. The van der Waals surface area contributed by atoms with Gasteiger partial charge < -0.3 is 14.8 Å². The second-order valence-electron chi connectivity index (χ2n) is 8.06. The molecule has 0 spiro atoms. The number of pyridine rings is 1. The maximum atomic E-state index is 12.8. The van der Waals surface area contributed by atoms with Crippen LogP contribution in [-0.2, 0) is 13.0 Å². The van der Waals surface area contributed by atoms with Gasteiger partial charge in [0.1, 0.15) is 19.0 Å². The van der Waals surface area contributed by atoms with Crippen LogP contribution in [0.5, 0.6) is 11.5 Å². The van der Waals surface area contributed by atoms with Crippen LogP contribution in [0.4, 0.5) is 16.3 Å². The summed E-state index contributed by atoms with van der Waals surface area (Å²) in [4.78, 5) is 19.0. The molecular weight excluding hydrogens is 426 g/mol. The van der Waals surface area contributed by atoms with Crippen LogP contribution < -0.4 is 19.7 Å². The van der Waals surface area contributed by atoms with Crippen molar-refractivity contribution in [2.75, 3.05) is 23.4 Å². The highest BCUT2D eigenvalue weighted by Crippen LogP contribution is 2.31. The smallest absolute Gasteiger partial charge is 0.327 e. The SMILES string of the molecule is O=C(Nc1ccccc1)N1CCOc2cc(Cc3cccc(OCc4ccccc4)c3)cnc21. The number of carbonyl (C=O) groups is 1. The summed E-state index contributed by atoms with van der Waals surface area (Å²) in [5, 5.41) is 2.91. The summed E-state index contributed by atoms with van der Waals surface area (Å²) in [6, 6.07) is 29.3. The second-order valence-corrected chi connectivity index (χ2v) is 8.06. The molecule has 2 amide bonds. The van der Waals surface area contributed by atoms with Gasteiger partial charge in [-0.25, -0.2) is 9.78 Å². The number of carbonyl (C=O) groups excluding carboxylic acids is 1. The minimum absolute atomic E-state index is 0.223. The van der Waals surface area contributed by atoms with Gasteiger partial charge in [0, 0.05) is 11.9 Å². The fourth-order valence-corrected chi connectivity index (χ4v) is 3.87. The first kappa shape index (κ1) is 21.5. The summed E-state index contributed by atoms with van der Waals surface area (Å²) in [6.45, 7) is 1.39. The lowest BCUT2D eigenvalue weighted by Gasteiger charge is -2.28. The molecule has 170 valence electrons. The van der Waals surface area contributed by atoms with Crippen molar-refractivity contribution in [1.29, 1.82) is 0 Å². The summed E-state index contributed by atoms with van der Waals surface area (Å²) in [5.41, 5.74) is 3.99. The van der Waals surface area contributed by atoms with Gasteiger partial charge in [-0.05, 0) is 53.4 Å². The lowest BCUT2D eigenvalue weighted by Crippen LogP contribution is -2.41. The Morgan fingerprint density at radius 3 is 2.50 bits per heavy atom. The van der Waals surface area contributed by atoms with Gasteiger partial charge in [-0.1, -0.05) is 60.7 Å². The number of para-hydroxylation sites is 1. The van der Waals surface area contributed by atoms with Crippen LogP contribution in [0.1, 0.15) is 16.7 Å². The third kappa shape index (κ3) is 5.18. The number of nitrogens with one attached hydrogen (secondary N) is 1. The van der Waals surface area contributed by atoms with Crippen LogP contribution >= 0.6 is 0 Å². The topological polar surface area (TPSA) is 63.7 Å². The first-order valence-electron chi connectivity index (χ1n) is 11.3. The Balaban J connectivity index is 1.27. The van der Waals surface area contributed by atoms with Crippen LogP contribution in [0.15, 0.2) is 97.2 Å². The Labute approximate surface area is 198 Å². The fraction of sp³-hybridized carbons (Fsp3) is 0.143. The Bertz CT molecular complexity index is 1260. The molecule has 6 nitrogen and oxygen atoms in total. The summed E-state index contributed by atoms with van der Waals surface area (Å²) < 4.78 is 11.8. The maximum Gasteiger partial charge on any atom is 0.327 e. The third-order valence-corrected chi connectivity index (χ3v) is 5.54. The van der Waals surface area contributed by atoms with Crippen molar-refractivity contribution in [2.45, 2.75) is 13.0 Å². The summed E-state index contributed by atoms with van der Waals surface area (Å²) >= 11 is 0. The number of fused-ring (bicyclic) bond motifs is 1. The molecular formula is C28H25N3O3. The van der Waals surface area contributed by atoms with Crippen LogP contribution in [0.25, 0.3) is 0 Å². The molecule has 2 heterocycles. The average molecular weight is 452 g/mol. The van der Waals surface area contributed by atoms with E-state index < -0.39 is 0 Å². The molecule has 0 aliphatic carbocycles. The molecule has 0 fully saturated rings. The van der Waals surface area contributed by atoms with Crippen molar-refractivity contribution in [3.8, 4) is 11.5 Å². The average Bonchev–Trinajstić information content (AvgIpc) is 2.88. The van der Waals surface area contributed by atoms with Crippen molar-refractivity contribution in [3.63, 3.8) is 0 Å². The molecule has 0 radical (unpaired) electrons. The number of hydrogen-bond acceptors (Lipinski definition) is 4. The minimum Gasteiger partial charge on any atom is -0.489 e. The zero-order valence-corrected chi connectivity index (χ0v) is 18.7. The number of nitrogens with zero attached hydrogens (tertiary/aromatic N) is 2. The Morgan fingerprint density at radius 2 is 1.68 bits per heavy atom. The number of amides is 2. The molecule has 34 heavy (non-hydrogen) atoms. The maximum absolute atomic E-state index is 12.8. The molecule has 1 aliphatic heterocycles. The van der Waals surface area contributed by atoms with E-state index in [0.29, 0.717) is 37.7 Å². The zero-order chi connectivity index (χ0) is 23.2. The van der Waals surface area contributed by atoms with Gasteiger partial charge in [0.15, 0.2) is 11.6 Å². The van der Waals surface area contributed by atoms with E-state index in [-0.39, 0.29) is 6.03 Å². The van der Waals surface area contributed by atoms with Crippen molar-refractivity contribution in [3.05, 3.63) is 114 Å². The van der Waals surface area contributed by atoms with Crippen LogP contribution in [0, 0.1) is 0 Å². The Hall–Kier alpha value is -4.32. The fourth-order valence-electron chi connectivity index (χ4n) is 3.87. The van der Waals surface area contributed by atoms with Gasteiger partial charge in [-0.3, -0.25) is 4.90 Å². The van der Waals surface area contributed by atoms with Gasteiger partial charge in [-0.15, -0.1) is 0 Å². The van der Waals surface area contributed by atoms with E-state index in [4.69, 9.17) is 9.47 Å². The highest BCUT2D eigenvalue weighted by atomic mass is 16.5.